The van der Waals surface area contributed by atoms with Crippen molar-refractivity contribution in [1.82, 2.24) is 9.38 Å². The molecule has 0 N–H and O–H groups in total. The first kappa shape index (κ1) is 16.1. The molecule has 4 aromatic rings. The lowest BCUT2D eigenvalue weighted by molar-refractivity contribution is 0.0600. The van der Waals surface area contributed by atoms with Gasteiger partial charge in [0.25, 0.3) is 0 Å². The quantitative estimate of drug-likeness (QED) is 0.509. The highest BCUT2D eigenvalue weighted by Gasteiger charge is 2.12. The number of nitrogens with zero attached hydrogens (tertiary/aromatic N) is 3. The van der Waals surface area contributed by atoms with Crippen LogP contribution in [0, 0.1) is 11.3 Å². The number of ether oxygens (including phenoxy) is 1. The highest BCUT2D eigenvalue weighted by molar-refractivity contribution is 7.11. The molecule has 0 unspecified atom stereocenters. The van der Waals surface area contributed by atoms with Crippen molar-refractivity contribution in [3.63, 3.8) is 0 Å². The normalized spacial score (nSPS) is 10.6. The molecule has 0 amide bonds. The summed E-state index contributed by atoms with van der Waals surface area (Å²) in [7, 11) is 1.36. The van der Waals surface area contributed by atoms with Gasteiger partial charge in [0.15, 0.2) is 0 Å². The van der Waals surface area contributed by atoms with Crippen LogP contribution in [-0.2, 0) is 4.74 Å². The molecule has 0 aliphatic rings. The standard InChI is InChI=1S/C20H13N3O2S/c1-25-20(24)15-5-7-23-17(12-22-19(23)10-15)14-4-2-3-13(9-14)16-6-8-26-18(16)11-21/h2-10,12H,1H3. The van der Waals surface area contributed by atoms with Crippen molar-refractivity contribution in [3.05, 3.63) is 70.7 Å². The number of thiophene rings is 1. The average molecular weight is 359 g/mol. The zero-order valence-corrected chi connectivity index (χ0v) is 14.7. The van der Waals surface area contributed by atoms with Gasteiger partial charge >= 0.3 is 5.97 Å². The molecule has 0 saturated heterocycles. The van der Waals surface area contributed by atoms with E-state index < -0.39 is 0 Å². The fourth-order valence-electron chi connectivity index (χ4n) is 2.91. The third-order valence-electron chi connectivity index (χ3n) is 4.17. The van der Waals surface area contributed by atoms with Gasteiger partial charge in [-0.05, 0) is 35.2 Å². The van der Waals surface area contributed by atoms with Crippen LogP contribution >= 0.6 is 11.3 Å². The summed E-state index contributed by atoms with van der Waals surface area (Å²) in [6.45, 7) is 0. The van der Waals surface area contributed by atoms with E-state index in [0.717, 1.165) is 22.4 Å². The van der Waals surface area contributed by atoms with Crippen molar-refractivity contribution in [2.45, 2.75) is 0 Å². The minimum absolute atomic E-state index is 0.388. The van der Waals surface area contributed by atoms with Gasteiger partial charge in [-0.1, -0.05) is 18.2 Å². The second-order valence-electron chi connectivity index (χ2n) is 5.63. The van der Waals surface area contributed by atoms with Gasteiger partial charge < -0.3 is 4.74 Å². The fourth-order valence-corrected chi connectivity index (χ4v) is 3.61. The molecule has 6 heteroatoms. The van der Waals surface area contributed by atoms with E-state index in [4.69, 9.17) is 4.74 Å². The van der Waals surface area contributed by atoms with E-state index in [0.29, 0.717) is 16.1 Å². The van der Waals surface area contributed by atoms with Gasteiger partial charge in [-0.25, -0.2) is 9.78 Å². The summed E-state index contributed by atoms with van der Waals surface area (Å²) in [4.78, 5) is 16.8. The monoisotopic (exact) mass is 359 g/mol. The number of benzene rings is 1. The van der Waals surface area contributed by atoms with Gasteiger partial charge in [0.1, 0.15) is 16.6 Å². The summed E-state index contributed by atoms with van der Waals surface area (Å²) in [5.41, 5.74) is 4.94. The molecule has 4 rings (SSSR count). The van der Waals surface area contributed by atoms with Crippen LogP contribution in [-0.4, -0.2) is 22.5 Å². The molecule has 3 aromatic heterocycles. The summed E-state index contributed by atoms with van der Waals surface area (Å²) >= 11 is 1.43. The second kappa shape index (κ2) is 6.47. The van der Waals surface area contributed by atoms with Crippen LogP contribution in [0.5, 0.6) is 0 Å². The molecule has 0 spiro atoms. The molecule has 0 saturated carbocycles. The van der Waals surface area contributed by atoms with Gasteiger partial charge in [-0.3, -0.25) is 4.40 Å². The van der Waals surface area contributed by atoms with Crippen molar-refractivity contribution < 1.29 is 9.53 Å². The minimum atomic E-state index is -0.388. The first-order valence-corrected chi connectivity index (χ1v) is 8.73. The molecule has 1 aromatic carbocycles. The molecular weight excluding hydrogens is 346 g/mol. The van der Waals surface area contributed by atoms with Gasteiger partial charge in [-0.15, -0.1) is 11.3 Å². The van der Waals surface area contributed by atoms with Crippen LogP contribution in [0.1, 0.15) is 15.2 Å². The van der Waals surface area contributed by atoms with Crippen LogP contribution in [0.25, 0.3) is 28.0 Å². The molecule has 0 radical (unpaired) electrons. The Balaban J connectivity index is 1.80. The average Bonchev–Trinajstić information content (AvgIpc) is 3.33. The molecule has 3 heterocycles. The number of aromatic nitrogens is 2. The van der Waals surface area contributed by atoms with Crippen molar-refractivity contribution >= 4 is 23.0 Å². The molecular formula is C20H13N3O2S. The number of esters is 1. The maximum atomic E-state index is 11.7. The Kier molecular flexibility index (Phi) is 3.99. The topological polar surface area (TPSA) is 67.4 Å². The largest absolute Gasteiger partial charge is 0.465 e. The number of imidazole rings is 1. The molecule has 26 heavy (non-hydrogen) atoms. The molecule has 0 fully saturated rings. The van der Waals surface area contributed by atoms with Gasteiger partial charge in [-0.2, -0.15) is 5.26 Å². The van der Waals surface area contributed by atoms with Crippen molar-refractivity contribution in [2.24, 2.45) is 0 Å². The van der Waals surface area contributed by atoms with Gasteiger partial charge in [0.2, 0.25) is 0 Å². The number of hydrogen-bond acceptors (Lipinski definition) is 5. The van der Waals surface area contributed by atoms with E-state index in [2.05, 4.69) is 11.1 Å². The zero-order chi connectivity index (χ0) is 18.1. The number of nitriles is 1. The lowest BCUT2D eigenvalue weighted by Gasteiger charge is -2.06. The Morgan fingerprint density at radius 3 is 2.88 bits per heavy atom. The maximum absolute atomic E-state index is 11.7. The summed E-state index contributed by atoms with van der Waals surface area (Å²) in [6, 6.07) is 15.6. The highest BCUT2D eigenvalue weighted by atomic mass is 32.1. The van der Waals surface area contributed by atoms with Gasteiger partial charge in [0, 0.05) is 17.3 Å². The molecule has 126 valence electrons. The van der Waals surface area contributed by atoms with E-state index in [9.17, 15) is 10.1 Å². The predicted molar refractivity (Wildman–Crippen MR) is 100.0 cm³/mol. The Hall–Kier alpha value is -3.43. The Bertz CT molecular complexity index is 1170. The summed E-state index contributed by atoms with van der Waals surface area (Å²) in [6.07, 6.45) is 3.58. The maximum Gasteiger partial charge on any atom is 0.338 e. The van der Waals surface area contributed by atoms with Crippen LogP contribution in [0.2, 0.25) is 0 Å². The van der Waals surface area contributed by atoms with Crippen molar-refractivity contribution in [1.29, 1.82) is 5.26 Å². The fraction of sp³-hybridized carbons (Fsp3) is 0.0500. The van der Waals surface area contributed by atoms with Crippen molar-refractivity contribution in [3.8, 4) is 28.5 Å². The molecule has 0 aliphatic carbocycles. The molecule has 5 nitrogen and oxygen atoms in total. The lowest BCUT2D eigenvalue weighted by Crippen LogP contribution is -2.02. The summed E-state index contributed by atoms with van der Waals surface area (Å²) < 4.78 is 6.68. The third-order valence-corrected chi connectivity index (χ3v) is 4.99. The van der Waals surface area contributed by atoms with E-state index in [1.54, 1.807) is 18.3 Å². The lowest BCUT2D eigenvalue weighted by atomic mass is 10.0. The molecule has 0 bridgehead atoms. The first-order chi connectivity index (χ1) is 12.7. The van der Waals surface area contributed by atoms with Crippen LogP contribution in [0.15, 0.2) is 60.2 Å². The summed E-state index contributed by atoms with van der Waals surface area (Å²) in [5, 5.41) is 11.2. The van der Waals surface area contributed by atoms with Gasteiger partial charge in [0.05, 0.1) is 24.6 Å². The Morgan fingerprint density at radius 1 is 1.23 bits per heavy atom. The molecule has 0 atom stereocenters. The zero-order valence-electron chi connectivity index (χ0n) is 13.8. The van der Waals surface area contributed by atoms with Crippen LogP contribution in [0.3, 0.4) is 0 Å². The predicted octanol–water partition coefficient (Wildman–Crippen LogP) is 4.39. The number of fused-ring (bicyclic) bond motifs is 1. The number of methoxy groups -OCH3 is 1. The van der Waals surface area contributed by atoms with Crippen molar-refractivity contribution in [2.75, 3.05) is 7.11 Å². The number of hydrogen-bond donors (Lipinski definition) is 0. The van der Waals surface area contributed by atoms with E-state index >= 15 is 0 Å². The second-order valence-corrected chi connectivity index (χ2v) is 6.55. The number of carbonyl (C=O) groups excluding carboxylic acids is 1. The minimum Gasteiger partial charge on any atom is -0.465 e. The number of carbonyl (C=O) groups is 1. The number of pyridine rings is 1. The Labute approximate surface area is 153 Å². The molecule has 0 aliphatic heterocycles. The number of rotatable bonds is 3. The highest BCUT2D eigenvalue weighted by Crippen LogP contribution is 2.31. The summed E-state index contributed by atoms with van der Waals surface area (Å²) in [5.74, 6) is -0.388. The van der Waals surface area contributed by atoms with E-state index in [1.807, 2.05) is 46.3 Å². The Morgan fingerprint density at radius 2 is 2.08 bits per heavy atom. The van der Waals surface area contributed by atoms with Crippen LogP contribution in [0.4, 0.5) is 0 Å². The smallest absolute Gasteiger partial charge is 0.338 e. The van der Waals surface area contributed by atoms with E-state index in [1.165, 1.54) is 18.4 Å². The van der Waals surface area contributed by atoms with E-state index in [-0.39, 0.29) is 5.97 Å². The SMILES string of the molecule is COC(=O)c1ccn2c(-c3cccc(-c4ccsc4C#N)c3)cnc2c1. The van der Waals surface area contributed by atoms with Crippen LogP contribution < -0.4 is 0 Å². The first-order valence-electron chi connectivity index (χ1n) is 7.85. The third kappa shape index (κ3) is 2.65.